The molecule has 8 fully saturated rings. The molecule has 94 heavy (non-hydrogen) atoms. The van der Waals surface area contributed by atoms with E-state index in [-0.39, 0.29) is 68.2 Å². The molecule has 6 unspecified atom stereocenters. The third-order valence-corrected chi connectivity index (χ3v) is 17.8. The maximum Gasteiger partial charge on any atom is 0.411 e. The molecule has 0 radical (unpaired) electrons. The lowest BCUT2D eigenvalue weighted by molar-refractivity contribution is -0.177. The van der Waals surface area contributed by atoms with Gasteiger partial charge in [0.25, 0.3) is 17.7 Å². The minimum Gasteiger partial charge on any atom is -0.444 e. The monoisotopic (exact) mass is 1320 g/mol. The molecule has 0 bridgehead atoms. The second-order valence-corrected chi connectivity index (χ2v) is 27.0. The number of carbonyl (C=O) groups is 11. The maximum absolute atomic E-state index is 13.1. The molecule has 0 aromatic carbocycles. The minimum absolute atomic E-state index is 0.0511. The van der Waals surface area contributed by atoms with E-state index in [1.807, 2.05) is 13.8 Å². The second kappa shape index (κ2) is 29.6. The highest BCUT2D eigenvalue weighted by atomic mass is 16.6. The van der Waals surface area contributed by atoms with Crippen LogP contribution in [-0.2, 0) is 65.7 Å². The fraction of sp³-hybridized carbons (Fsp3) is 0.689. The number of aliphatic hydroxyl groups excluding tert-OH is 4. The first-order valence-electron chi connectivity index (χ1n) is 31.7. The van der Waals surface area contributed by atoms with Crippen LogP contribution >= 0.6 is 0 Å². The van der Waals surface area contributed by atoms with Crippen molar-refractivity contribution in [3.05, 3.63) is 48.6 Å². The van der Waals surface area contributed by atoms with Gasteiger partial charge >= 0.3 is 12.2 Å². The molecule has 8 saturated heterocycles. The Morgan fingerprint density at radius 1 is 0.553 bits per heavy atom. The average Bonchev–Trinajstić information content (AvgIpc) is 1.43. The number of nitrogens with two attached hydrogens (primary N) is 2. The van der Waals surface area contributed by atoms with Gasteiger partial charge in [-0.25, -0.2) is 29.5 Å². The normalized spacial score (nSPS) is 25.1. The molecule has 518 valence electrons. The molecule has 33 heteroatoms. The van der Waals surface area contributed by atoms with E-state index in [4.69, 9.17) is 26.0 Å². The number of amides is 11. The van der Waals surface area contributed by atoms with E-state index >= 15 is 0 Å². The van der Waals surface area contributed by atoms with Gasteiger partial charge < -0.3 is 81.8 Å². The van der Waals surface area contributed by atoms with Gasteiger partial charge in [0.15, 0.2) is 0 Å². The van der Waals surface area contributed by atoms with E-state index in [9.17, 15) is 68.1 Å². The van der Waals surface area contributed by atoms with Gasteiger partial charge in [0.2, 0.25) is 35.4 Å². The lowest BCUT2D eigenvalue weighted by Gasteiger charge is -2.54. The predicted octanol–water partition coefficient (Wildman–Crippen LogP) is -2.99. The number of primary amides is 2. The molecule has 11 N–H and O–H groups in total. The Labute approximate surface area is 545 Å². The number of β-lactam (4-membered cyclic amide) rings is 4. The SMILES string of the molecule is CC(C)(C)OC(=O)N1CCCC12CN(C(CO)C(N)=O)C2=O.CC(C)(C)OC(=O)N1CCCC12CN([C@@H](CO)C(=O)NCc1ncccn1)C2=O.CC(C)C(=O)N1CCCC12CN([C@H](C(=O)NCc1ncccn1)[C@@H](C)O)C2=O.NC(=O)C(CO)N1CC2(CCCN2)C1=O. The Morgan fingerprint density at radius 2 is 0.936 bits per heavy atom. The Kier molecular flexibility index (Phi) is 23.0. The van der Waals surface area contributed by atoms with Crippen molar-refractivity contribution < 1.29 is 82.6 Å². The molecule has 2 aromatic heterocycles. The molecule has 2 aromatic rings. The van der Waals surface area contributed by atoms with Gasteiger partial charge in [-0.2, -0.15) is 0 Å². The lowest BCUT2D eigenvalue weighted by Crippen LogP contribution is -2.77. The van der Waals surface area contributed by atoms with Crippen LogP contribution in [0.1, 0.15) is 125 Å². The van der Waals surface area contributed by atoms with Crippen LogP contribution in [0.4, 0.5) is 9.59 Å². The van der Waals surface area contributed by atoms with Gasteiger partial charge in [-0.05, 0) is 119 Å². The number of nitrogens with zero attached hydrogens (tertiary/aromatic N) is 11. The molecule has 4 spiro atoms. The van der Waals surface area contributed by atoms with Crippen LogP contribution in [0.2, 0.25) is 0 Å². The van der Waals surface area contributed by atoms with E-state index in [0.29, 0.717) is 69.9 Å². The lowest BCUT2D eigenvalue weighted by atomic mass is 9.82. The van der Waals surface area contributed by atoms with Crippen LogP contribution in [-0.4, -0.2) is 276 Å². The number of carbonyl (C=O) groups excluding carboxylic acids is 11. The van der Waals surface area contributed by atoms with Crippen LogP contribution in [0, 0.1) is 5.92 Å². The van der Waals surface area contributed by atoms with Crippen molar-refractivity contribution in [3.63, 3.8) is 0 Å². The maximum atomic E-state index is 13.1. The van der Waals surface area contributed by atoms with Gasteiger partial charge in [0.1, 0.15) is 69.2 Å². The zero-order chi connectivity index (χ0) is 69.5. The minimum atomic E-state index is -1.05. The highest BCUT2D eigenvalue weighted by Gasteiger charge is 2.65. The topological polar surface area (TPSA) is 450 Å². The molecule has 0 saturated carbocycles. The van der Waals surface area contributed by atoms with Gasteiger partial charge in [0, 0.05) is 56.9 Å². The van der Waals surface area contributed by atoms with Crippen molar-refractivity contribution in [1.82, 2.24) is 70.2 Å². The van der Waals surface area contributed by atoms with Gasteiger partial charge in [-0.1, -0.05) is 13.8 Å². The Bertz CT molecular complexity index is 3130. The summed E-state index contributed by atoms with van der Waals surface area (Å²) in [4.78, 5) is 161. The zero-order valence-corrected chi connectivity index (χ0v) is 54.9. The first kappa shape index (κ1) is 73.1. The number of rotatable bonds is 17. The summed E-state index contributed by atoms with van der Waals surface area (Å²) in [5, 5.41) is 46.5. The third-order valence-electron chi connectivity index (χ3n) is 17.8. The highest BCUT2D eigenvalue weighted by Crippen LogP contribution is 2.44. The summed E-state index contributed by atoms with van der Waals surface area (Å²) >= 11 is 0. The Hall–Kier alpha value is -8.27. The average molecular weight is 1320 g/mol. The van der Waals surface area contributed by atoms with E-state index in [2.05, 4.69) is 35.9 Å². The Balaban J connectivity index is 0.000000182. The Morgan fingerprint density at radius 3 is 1.29 bits per heavy atom. The van der Waals surface area contributed by atoms with E-state index in [0.717, 1.165) is 25.8 Å². The van der Waals surface area contributed by atoms with Crippen LogP contribution < -0.4 is 27.4 Å². The van der Waals surface area contributed by atoms with Crippen molar-refractivity contribution in [2.75, 3.05) is 72.2 Å². The molecular formula is C61H92N16O17. The van der Waals surface area contributed by atoms with Gasteiger partial charge in [-0.15, -0.1) is 0 Å². The van der Waals surface area contributed by atoms with Crippen LogP contribution in [0.15, 0.2) is 36.9 Å². The number of ether oxygens (including phenoxy) is 2. The van der Waals surface area contributed by atoms with Gasteiger partial charge in [-0.3, -0.25) is 53.0 Å². The fourth-order valence-electron chi connectivity index (χ4n) is 13.1. The first-order valence-corrected chi connectivity index (χ1v) is 31.7. The van der Waals surface area contributed by atoms with Gasteiger partial charge in [0.05, 0.1) is 58.6 Å². The number of nitrogens with one attached hydrogen (secondary N) is 3. The number of aromatic nitrogens is 4. The van der Waals surface area contributed by atoms with Crippen LogP contribution in [0.3, 0.4) is 0 Å². The number of hydrogen-bond acceptors (Lipinski definition) is 22. The second-order valence-electron chi connectivity index (χ2n) is 27.0. The van der Waals surface area contributed by atoms with Crippen molar-refractivity contribution in [2.24, 2.45) is 17.4 Å². The largest absolute Gasteiger partial charge is 0.444 e. The van der Waals surface area contributed by atoms with Crippen molar-refractivity contribution >= 4 is 65.4 Å². The molecule has 8 aliphatic heterocycles. The summed E-state index contributed by atoms with van der Waals surface area (Å²) in [5.41, 5.74) is 5.70. The fourth-order valence-corrected chi connectivity index (χ4v) is 13.1. The van der Waals surface area contributed by atoms with Crippen LogP contribution in [0.25, 0.3) is 0 Å². The molecule has 8 aliphatic rings. The summed E-state index contributed by atoms with van der Waals surface area (Å²) < 4.78 is 10.8. The molecule has 0 aliphatic carbocycles. The molecule has 9 atom stereocenters. The van der Waals surface area contributed by atoms with Crippen molar-refractivity contribution in [3.8, 4) is 0 Å². The smallest absolute Gasteiger partial charge is 0.411 e. The molecule has 10 heterocycles. The summed E-state index contributed by atoms with van der Waals surface area (Å²) in [5.74, 6) is -2.83. The first-order chi connectivity index (χ1) is 44.2. The predicted molar refractivity (Wildman–Crippen MR) is 329 cm³/mol. The summed E-state index contributed by atoms with van der Waals surface area (Å²) in [6.45, 7) is 17.8. The number of aliphatic hydroxyl groups is 4. The highest BCUT2D eigenvalue weighted by molar-refractivity contribution is 6.02. The van der Waals surface area contributed by atoms with Crippen molar-refractivity contribution in [1.29, 1.82) is 0 Å². The molecule has 33 nitrogen and oxygen atoms in total. The summed E-state index contributed by atoms with van der Waals surface area (Å²) in [6.07, 6.45) is 9.70. The summed E-state index contributed by atoms with van der Waals surface area (Å²) in [7, 11) is 0. The molecule has 10 rings (SSSR count). The zero-order valence-electron chi connectivity index (χ0n) is 54.9. The van der Waals surface area contributed by atoms with Crippen LogP contribution in [0.5, 0.6) is 0 Å². The standard InChI is InChI=1S/C19H27N5O5.C19H27N5O4.C14H23N3O5.C9H15N3O3/c1-18(2,3)29-17(28)24-9-4-6-19(24)12-23(16(19)27)13(11-25)15(26)22-10-14-20-7-5-8-21-14;1-12(2)17(27)24-9-4-6-19(24)11-23(18(19)28)15(13(3)25)16(26)22-10-14-20-7-5-8-21-14;1-13(2,3)22-12(21)17-6-4-5-14(17)8-16(11(14)20)9(7-18)10(15)19;10-7(14)6(4-13)12-5-9(8(12)15)2-1-3-11-9/h5,7-8,13,25H,4,6,9-12H2,1-3H3,(H,22,26);5,7-8,12-13,15,25H,4,6,9-11H2,1-3H3,(H,22,26);9,18H,4-8H2,1-3H3,(H2,15,19);6,11,13H,1-5H2,(H2,10,14)/t13-,19?;13-,15+,19?;;/m01../s1. The number of likely N-dealkylation sites (tertiary alicyclic amines) is 7. The molecule has 11 amide bonds. The molecular weight excluding hydrogens is 1230 g/mol. The van der Waals surface area contributed by atoms with E-state index in [1.165, 1.54) is 36.3 Å². The number of hydrogen-bond donors (Lipinski definition) is 9. The third kappa shape index (κ3) is 15.3. The van der Waals surface area contributed by atoms with Crippen molar-refractivity contribution in [2.45, 2.75) is 190 Å². The quantitative estimate of drug-likeness (QED) is 0.0713. The van der Waals surface area contributed by atoms with E-state index < -0.39 is 119 Å². The van der Waals surface area contributed by atoms with E-state index in [1.54, 1.807) is 83.4 Å². The summed E-state index contributed by atoms with van der Waals surface area (Å²) in [6, 6.07) is -0.618.